The van der Waals surface area contributed by atoms with Gasteiger partial charge in [0.25, 0.3) is 11.8 Å². The van der Waals surface area contributed by atoms with E-state index < -0.39 is 23.0 Å². The first-order valence-corrected chi connectivity index (χ1v) is 9.65. The number of aromatic hydroxyl groups is 1. The summed E-state index contributed by atoms with van der Waals surface area (Å²) >= 11 is 0. The number of benzene rings is 1. The molecule has 1 aliphatic heterocycles. The Morgan fingerprint density at radius 2 is 1.81 bits per heavy atom. The summed E-state index contributed by atoms with van der Waals surface area (Å²) in [6.45, 7) is 1.42. The molecule has 166 valence electrons. The summed E-state index contributed by atoms with van der Waals surface area (Å²) in [5, 5.41) is 13.1. The quantitative estimate of drug-likeness (QED) is 0.628. The SMILES string of the molecule is COCCN1CCn2cc(C(=O)NCc3c(OC)cccc3OC)c(=O)c(O)c2C1=O. The topological polar surface area (TPSA) is 119 Å². The van der Waals surface area contributed by atoms with Crippen LogP contribution in [0, 0.1) is 0 Å². The van der Waals surface area contributed by atoms with Crippen LogP contribution >= 0.6 is 0 Å². The second kappa shape index (κ2) is 9.52. The molecule has 0 fully saturated rings. The number of nitrogens with zero attached hydrogens (tertiary/aromatic N) is 2. The molecule has 2 N–H and O–H groups in total. The Morgan fingerprint density at radius 3 is 2.42 bits per heavy atom. The van der Waals surface area contributed by atoms with Crippen LogP contribution in [0.5, 0.6) is 17.2 Å². The summed E-state index contributed by atoms with van der Waals surface area (Å²) in [4.78, 5) is 39.5. The van der Waals surface area contributed by atoms with Crippen molar-refractivity contribution in [2.45, 2.75) is 13.1 Å². The van der Waals surface area contributed by atoms with E-state index in [4.69, 9.17) is 14.2 Å². The Kier molecular flexibility index (Phi) is 6.81. The molecule has 0 bridgehead atoms. The number of hydrogen-bond donors (Lipinski definition) is 2. The molecule has 1 aliphatic rings. The molecule has 0 spiro atoms. The number of aromatic nitrogens is 1. The predicted molar refractivity (Wildman–Crippen MR) is 111 cm³/mol. The van der Waals surface area contributed by atoms with Crippen molar-refractivity contribution < 1.29 is 28.9 Å². The first-order valence-electron chi connectivity index (χ1n) is 9.65. The number of pyridine rings is 1. The number of nitrogens with one attached hydrogen (secondary N) is 1. The number of ether oxygens (including phenoxy) is 3. The van der Waals surface area contributed by atoms with Gasteiger partial charge in [-0.3, -0.25) is 14.4 Å². The van der Waals surface area contributed by atoms with E-state index in [1.54, 1.807) is 18.2 Å². The molecule has 31 heavy (non-hydrogen) atoms. The van der Waals surface area contributed by atoms with Crippen molar-refractivity contribution in [3.8, 4) is 17.2 Å². The van der Waals surface area contributed by atoms with Crippen LogP contribution in [0.3, 0.4) is 0 Å². The molecule has 1 aromatic carbocycles. The number of rotatable bonds is 8. The highest BCUT2D eigenvalue weighted by Gasteiger charge is 2.30. The van der Waals surface area contributed by atoms with Gasteiger partial charge in [-0.1, -0.05) is 6.07 Å². The summed E-state index contributed by atoms with van der Waals surface area (Å²) in [5.41, 5.74) is -0.687. The van der Waals surface area contributed by atoms with Crippen LogP contribution < -0.4 is 20.2 Å². The van der Waals surface area contributed by atoms with Crippen molar-refractivity contribution in [3.05, 3.63) is 51.4 Å². The molecule has 0 saturated carbocycles. The van der Waals surface area contributed by atoms with Crippen LogP contribution in [0.4, 0.5) is 0 Å². The third-order valence-electron chi connectivity index (χ3n) is 5.12. The van der Waals surface area contributed by atoms with Crippen LogP contribution in [0.15, 0.2) is 29.2 Å². The van der Waals surface area contributed by atoms with Gasteiger partial charge in [-0.2, -0.15) is 0 Å². The van der Waals surface area contributed by atoms with Gasteiger partial charge < -0.3 is 34.1 Å². The zero-order chi connectivity index (χ0) is 22.5. The number of hydrogen-bond acceptors (Lipinski definition) is 7. The molecule has 10 heteroatoms. The third kappa shape index (κ3) is 4.33. The molecule has 2 amide bonds. The van der Waals surface area contributed by atoms with Crippen molar-refractivity contribution in [1.82, 2.24) is 14.8 Å². The average Bonchev–Trinajstić information content (AvgIpc) is 2.78. The highest BCUT2D eigenvalue weighted by atomic mass is 16.5. The molecule has 0 aliphatic carbocycles. The van der Waals surface area contributed by atoms with Crippen molar-refractivity contribution in [2.75, 3.05) is 41.0 Å². The van der Waals surface area contributed by atoms with E-state index in [1.807, 2.05) is 0 Å². The lowest BCUT2D eigenvalue weighted by Gasteiger charge is -2.30. The first-order chi connectivity index (χ1) is 14.9. The highest BCUT2D eigenvalue weighted by molar-refractivity contribution is 5.99. The fraction of sp³-hybridized carbons (Fsp3) is 0.381. The van der Waals surface area contributed by atoms with Gasteiger partial charge in [0.2, 0.25) is 5.43 Å². The maximum Gasteiger partial charge on any atom is 0.274 e. The lowest BCUT2D eigenvalue weighted by molar-refractivity contribution is 0.0632. The van der Waals surface area contributed by atoms with E-state index >= 15 is 0 Å². The van der Waals surface area contributed by atoms with Gasteiger partial charge in [0.1, 0.15) is 17.1 Å². The minimum absolute atomic E-state index is 0.0394. The number of carbonyl (C=O) groups is 2. The van der Waals surface area contributed by atoms with Gasteiger partial charge in [-0.05, 0) is 12.1 Å². The lowest BCUT2D eigenvalue weighted by atomic mass is 10.1. The van der Waals surface area contributed by atoms with E-state index in [2.05, 4.69) is 5.32 Å². The van der Waals surface area contributed by atoms with Gasteiger partial charge in [-0.25, -0.2) is 0 Å². The molecule has 0 saturated heterocycles. The monoisotopic (exact) mass is 431 g/mol. The Bertz CT molecular complexity index is 1030. The predicted octanol–water partition coefficient (Wildman–Crippen LogP) is 0.603. The van der Waals surface area contributed by atoms with Crippen LogP contribution in [0.25, 0.3) is 0 Å². The Balaban J connectivity index is 1.85. The smallest absolute Gasteiger partial charge is 0.274 e. The third-order valence-corrected chi connectivity index (χ3v) is 5.12. The van der Waals surface area contributed by atoms with Crippen LogP contribution in [-0.2, 0) is 17.8 Å². The normalized spacial score (nSPS) is 13.0. The Hall–Kier alpha value is -3.53. The van der Waals surface area contributed by atoms with E-state index in [0.29, 0.717) is 43.3 Å². The van der Waals surface area contributed by atoms with E-state index in [-0.39, 0.29) is 17.8 Å². The van der Waals surface area contributed by atoms with Gasteiger partial charge in [0.05, 0.1) is 32.9 Å². The minimum atomic E-state index is -0.905. The summed E-state index contributed by atoms with van der Waals surface area (Å²) in [5.74, 6) is -0.867. The number of carbonyl (C=O) groups excluding carboxylic acids is 2. The molecule has 0 radical (unpaired) electrons. The molecule has 2 aromatic rings. The van der Waals surface area contributed by atoms with Crippen molar-refractivity contribution >= 4 is 11.8 Å². The van der Waals surface area contributed by atoms with E-state index in [1.165, 1.54) is 37.0 Å². The molecular formula is C21H25N3O7. The van der Waals surface area contributed by atoms with Crippen LogP contribution in [0.2, 0.25) is 0 Å². The molecule has 3 rings (SSSR count). The number of fused-ring (bicyclic) bond motifs is 1. The van der Waals surface area contributed by atoms with Crippen molar-refractivity contribution in [2.24, 2.45) is 0 Å². The first kappa shape index (κ1) is 22.2. The van der Waals surface area contributed by atoms with Gasteiger partial charge >= 0.3 is 0 Å². The molecule has 2 heterocycles. The molecular weight excluding hydrogens is 406 g/mol. The summed E-state index contributed by atoms with van der Waals surface area (Å²) < 4.78 is 17.0. The summed E-state index contributed by atoms with van der Waals surface area (Å²) in [6.07, 6.45) is 1.30. The van der Waals surface area contributed by atoms with Crippen molar-refractivity contribution in [3.63, 3.8) is 0 Å². The standard InChI is InChI=1S/C21H25N3O7/c1-29-10-9-23-7-8-24-12-14(18(25)19(26)17(24)21(23)28)20(27)22-11-13-15(30-2)5-4-6-16(13)31-3/h4-6,12,26H,7-11H2,1-3H3,(H,22,27). The lowest BCUT2D eigenvalue weighted by Crippen LogP contribution is -2.44. The summed E-state index contributed by atoms with van der Waals surface area (Å²) in [6, 6.07) is 5.21. The highest BCUT2D eigenvalue weighted by Crippen LogP contribution is 2.28. The zero-order valence-corrected chi connectivity index (χ0v) is 17.6. The Labute approximate surface area is 178 Å². The molecule has 0 unspecified atom stereocenters. The van der Waals surface area contributed by atoms with Crippen molar-refractivity contribution in [1.29, 1.82) is 0 Å². The molecule has 10 nitrogen and oxygen atoms in total. The second-order valence-corrected chi connectivity index (χ2v) is 6.87. The largest absolute Gasteiger partial charge is 0.503 e. The maximum atomic E-state index is 12.7. The van der Waals surface area contributed by atoms with Crippen LogP contribution in [0.1, 0.15) is 26.4 Å². The Morgan fingerprint density at radius 1 is 1.13 bits per heavy atom. The van der Waals surface area contributed by atoms with Gasteiger partial charge in [-0.15, -0.1) is 0 Å². The van der Waals surface area contributed by atoms with Gasteiger partial charge in [0.15, 0.2) is 11.4 Å². The fourth-order valence-corrected chi connectivity index (χ4v) is 3.47. The molecule has 0 atom stereocenters. The zero-order valence-electron chi connectivity index (χ0n) is 17.6. The average molecular weight is 431 g/mol. The molecule has 1 aromatic heterocycles. The van der Waals surface area contributed by atoms with Crippen LogP contribution in [-0.4, -0.2) is 67.4 Å². The van der Waals surface area contributed by atoms with Gasteiger partial charge in [0, 0.05) is 32.9 Å². The fourth-order valence-electron chi connectivity index (χ4n) is 3.47. The minimum Gasteiger partial charge on any atom is -0.503 e. The number of amides is 2. The van der Waals surface area contributed by atoms with E-state index in [9.17, 15) is 19.5 Å². The summed E-state index contributed by atoms with van der Waals surface area (Å²) in [7, 11) is 4.53. The number of methoxy groups -OCH3 is 3. The van der Waals surface area contributed by atoms with E-state index in [0.717, 1.165) is 0 Å². The maximum absolute atomic E-state index is 12.7. The second-order valence-electron chi connectivity index (χ2n) is 6.87.